The predicted octanol–water partition coefficient (Wildman–Crippen LogP) is 3.59. The number of nitrogens with zero attached hydrogens (tertiary/aromatic N) is 2. The standard InChI is InChI=1S/C24H22N4O3S/c29-23(13-19-11-6-10-18-9-4-5-12-20(18)19)25-24-21-14-28(15-22(21)26-27-24)32(30,31)16-17-7-2-1-3-8-17/h1-12H,13-16H2,(H2,25,26,27,29). The van der Waals surface area contributed by atoms with Crippen molar-refractivity contribution in [2.24, 2.45) is 0 Å². The first-order valence-corrected chi connectivity index (χ1v) is 11.9. The SMILES string of the molecule is O=C(Cc1cccc2ccccc12)Nc1n[nH]c2c1CN(S(=O)(=O)Cc1ccccc1)C2. The minimum atomic E-state index is -3.50. The highest BCUT2D eigenvalue weighted by molar-refractivity contribution is 7.88. The summed E-state index contributed by atoms with van der Waals surface area (Å²) in [5.41, 5.74) is 3.10. The van der Waals surface area contributed by atoms with E-state index in [9.17, 15) is 13.2 Å². The van der Waals surface area contributed by atoms with Gasteiger partial charge in [0.15, 0.2) is 5.82 Å². The maximum absolute atomic E-state index is 12.9. The molecule has 0 fully saturated rings. The van der Waals surface area contributed by atoms with E-state index in [1.165, 1.54) is 4.31 Å². The van der Waals surface area contributed by atoms with E-state index in [1.54, 1.807) is 12.1 Å². The first-order valence-electron chi connectivity index (χ1n) is 10.3. The van der Waals surface area contributed by atoms with Gasteiger partial charge in [0, 0.05) is 12.1 Å². The lowest BCUT2D eigenvalue weighted by Gasteiger charge is -2.16. The summed E-state index contributed by atoms with van der Waals surface area (Å²) in [5.74, 6) is 0.137. The van der Waals surface area contributed by atoms with Crippen molar-refractivity contribution in [1.82, 2.24) is 14.5 Å². The van der Waals surface area contributed by atoms with E-state index in [1.807, 2.05) is 60.7 Å². The number of anilines is 1. The Morgan fingerprint density at radius 3 is 2.56 bits per heavy atom. The Hall–Kier alpha value is -3.49. The smallest absolute Gasteiger partial charge is 0.230 e. The van der Waals surface area contributed by atoms with Crippen molar-refractivity contribution >= 4 is 32.5 Å². The van der Waals surface area contributed by atoms with Gasteiger partial charge in [-0.3, -0.25) is 9.89 Å². The first-order chi connectivity index (χ1) is 15.5. The Morgan fingerprint density at radius 2 is 1.72 bits per heavy atom. The zero-order chi connectivity index (χ0) is 22.1. The number of H-pyrrole nitrogens is 1. The van der Waals surface area contributed by atoms with Crippen molar-refractivity contribution < 1.29 is 13.2 Å². The van der Waals surface area contributed by atoms with Crippen LogP contribution in [0.2, 0.25) is 0 Å². The summed E-state index contributed by atoms with van der Waals surface area (Å²) >= 11 is 0. The lowest BCUT2D eigenvalue weighted by atomic mass is 10.0. The Morgan fingerprint density at radius 1 is 0.969 bits per heavy atom. The molecule has 0 saturated carbocycles. The van der Waals surface area contributed by atoms with Gasteiger partial charge in [0.1, 0.15) is 0 Å². The third kappa shape index (κ3) is 4.02. The molecule has 0 saturated heterocycles. The van der Waals surface area contributed by atoms with Gasteiger partial charge in [0.2, 0.25) is 15.9 Å². The van der Waals surface area contributed by atoms with Crippen molar-refractivity contribution in [2.45, 2.75) is 25.3 Å². The highest BCUT2D eigenvalue weighted by atomic mass is 32.2. The summed E-state index contributed by atoms with van der Waals surface area (Å²) in [6.07, 6.45) is 0.207. The molecule has 162 valence electrons. The van der Waals surface area contributed by atoms with Gasteiger partial charge < -0.3 is 5.32 Å². The monoisotopic (exact) mass is 446 g/mol. The molecule has 0 radical (unpaired) electrons. The van der Waals surface area contributed by atoms with Crippen molar-refractivity contribution in [1.29, 1.82) is 0 Å². The molecule has 0 bridgehead atoms. The van der Waals surface area contributed by atoms with E-state index in [0.717, 1.165) is 21.9 Å². The second kappa shape index (κ2) is 8.22. The maximum Gasteiger partial charge on any atom is 0.230 e. The minimum absolute atomic E-state index is 0.0612. The molecule has 2 N–H and O–H groups in total. The summed E-state index contributed by atoms with van der Waals surface area (Å²) in [6.45, 7) is 0.404. The normalized spacial score (nSPS) is 13.9. The fraction of sp³-hybridized carbons (Fsp3) is 0.167. The van der Waals surface area contributed by atoms with E-state index in [4.69, 9.17) is 0 Å². The van der Waals surface area contributed by atoms with Crippen molar-refractivity contribution in [3.8, 4) is 0 Å². The second-order valence-electron chi connectivity index (χ2n) is 7.90. The van der Waals surface area contributed by atoms with Gasteiger partial charge in [0.25, 0.3) is 0 Å². The number of aromatic amines is 1. The van der Waals surface area contributed by atoms with Gasteiger partial charge in [-0.05, 0) is 21.9 Å². The number of fused-ring (bicyclic) bond motifs is 2. The van der Waals surface area contributed by atoms with Crippen molar-refractivity contribution in [3.05, 3.63) is 95.2 Å². The number of amides is 1. The first kappa shape index (κ1) is 20.4. The summed E-state index contributed by atoms with van der Waals surface area (Å²) in [5, 5.41) is 12.1. The maximum atomic E-state index is 12.9. The molecule has 0 aliphatic carbocycles. The van der Waals surface area contributed by atoms with Crippen molar-refractivity contribution in [3.63, 3.8) is 0 Å². The zero-order valence-electron chi connectivity index (χ0n) is 17.3. The van der Waals surface area contributed by atoms with Crippen LogP contribution in [0.1, 0.15) is 22.4 Å². The number of hydrogen-bond donors (Lipinski definition) is 2. The molecular weight excluding hydrogens is 424 g/mol. The third-order valence-electron chi connectivity index (χ3n) is 5.70. The summed E-state index contributed by atoms with van der Waals surface area (Å²) in [6, 6.07) is 22.9. The van der Waals surface area contributed by atoms with Crippen LogP contribution < -0.4 is 5.32 Å². The van der Waals surface area contributed by atoms with Gasteiger partial charge in [-0.2, -0.15) is 9.40 Å². The molecule has 2 heterocycles. The van der Waals surface area contributed by atoms with Crippen LogP contribution in [0.25, 0.3) is 10.8 Å². The van der Waals surface area contributed by atoms with Crippen LogP contribution in [0.3, 0.4) is 0 Å². The van der Waals surface area contributed by atoms with Gasteiger partial charge >= 0.3 is 0 Å². The molecule has 0 atom stereocenters. The number of hydrogen-bond acceptors (Lipinski definition) is 4. The highest BCUT2D eigenvalue weighted by Gasteiger charge is 2.33. The second-order valence-corrected chi connectivity index (χ2v) is 9.87. The van der Waals surface area contributed by atoms with E-state index in [-0.39, 0.29) is 31.2 Å². The van der Waals surface area contributed by atoms with E-state index in [0.29, 0.717) is 17.1 Å². The van der Waals surface area contributed by atoms with E-state index >= 15 is 0 Å². The molecule has 1 amide bonds. The van der Waals surface area contributed by atoms with Crippen LogP contribution >= 0.6 is 0 Å². The van der Waals surface area contributed by atoms with Crippen LogP contribution in [0.15, 0.2) is 72.8 Å². The number of benzene rings is 3. The number of nitrogens with one attached hydrogen (secondary N) is 2. The quantitative estimate of drug-likeness (QED) is 0.473. The fourth-order valence-electron chi connectivity index (χ4n) is 4.08. The topological polar surface area (TPSA) is 95.2 Å². The molecule has 0 spiro atoms. The molecule has 5 rings (SSSR count). The highest BCUT2D eigenvalue weighted by Crippen LogP contribution is 2.30. The molecule has 32 heavy (non-hydrogen) atoms. The van der Waals surface area contributed by atoms with Gasteiger partial charge in [-0.15, -0.1) is 0 Å². The summed E-state index contributed by atoms with van der Waals surface area (Å²) in [7, 11) is -3.50. The number of aromatic nitrogens is 2. The molecule has 1 aromatic heterocycles. The Labute approximate surface area is 186 Å². The van der Waals surface area contributed by atoms with E-state index in [2.05, 4.69) is 15.5 Å². The summed E-state index contributed by atoms with van der Waals surface area (Å²) in [4.78, 5) is 12.7. The number of rotatable bonds is 6. The predicted molar refractivity (Wildman–Crippen MR) is 123 cm³/mol. The molecular formula is C24H22N4O3S. The van der Waals surface area contributed by atoms with Crippen LogP contribution in [0.5, 0.6) is 0 Å². The number of carbonyl (C=O) groups is 1. The molecule has 0 unspecified atom stereocenters. The third-order valence-corrected chi connectivity index (χ3v) is 7.44. The molecule has 8 heteroatoms. The minimum Gasteiger partial charge on any atom is -0.309 e. The Kier molecular flexibility index (Phi) is 5.24. The van der Waals surface area contributed by atoms with E-state index < -0.39 is 10.0 Å². The van der Waals surface area contributed by atoms with Crippen LogP contribution in [0.4, 0.5) is 5.82 Å². The molecule has 1 aliphatic rings. The largest absolute Gasteiger partial charge is 0.309 e. The molecule has 4 aromatic rings. The zero-order valence-corrected chi connectivity index (χ0v) is 18.1. The van der Waals surface area contributed by atoms with Crippen molar-refractivity contribution in [2.75, 3.05) is 5.32 Å². The lowest BCUT2D eigenvalue weighted by Crippen LogP contribution is -2.27. The number of carbonyl (C=O) groups excluding carboxylic acids is 1. The Balaban J connectivity index is 1.29. The summed E-state index contributed by atoms with van der Waals surface area (Å²) < 4.78 is 27.2. The lowest BCUT2D eigenvalue weighted by molar-refractivity contribution is -0.115. The van der Waals surface area contributed by atoms with Gasteiger partial charge in [0.05, 0.1) is 24.4 Å². The molecule has 1 aliphatic heterocycles. The van der Waals surface area contributed by atoms with Crippen LogP contribution in [-0.2, 0) is 40.1 Å². The Bertz CT molecular complexity index is 1390. The van der Waals surface area contributed by atoms with Crippen LogP contribution in [-0.4, -0.2) is 28.8 Å². The van der Waals surface area contributed by atoms with Gasteiger partial charge in [-0.1, -0.05) is 72.8 Å². The molecule has 3 aromatic carbocycles. The van der Waals surface area contributed by atoms with Gasteiger partial charge in [-0.25, -0.2) is 8.42 Å². The average molecular weight is 447 g/mol. The fourth-order valence-corrected chi connectivity index (χ4v) is 5.53. The average Bonchev–Trinajstić information content (AvgIpc) is 3.37. The molecule has 7 nitrogen and oxygen atoms in total. The number of sulfonamides is 1. The van der Waals surface area contributed by atoms with Crippen LogP contribution in [0, 0.1) is 0 Å².